The van der Waals surface area contributed by atoms with E-state index in [-0.39, 0.29) is 17.1 Å². The van der Waals surface area contributed by atoms with Gasteiger partial charge >= 0.3 is 0 Å². The minimum absolute atomic E-state index is 0.0938. The van der Waals surface area contributed by atoms with Gasteiger partial charge in [-0.15, -0.1) is 0 Å². The summed E-state index contributed by atoms with van der Waals surface area (Å²) in [4.78, 5) is 19.0. The monoisotopic (exact) mass is 535 g/mol. The zero-order valence-electron chi connectivity index (χ0n) is 23.3. The van der Waals surface area contributed by atoms with Gasteiger partial charge in [-0.2, -0.15) is 0 Å². The van der Waals surface area contributed by atoms with E-state index in [4.69, 9.17) is 14.2 Å². The maximum Gasteiger partial charge on any atom is 0.227 e. The molecule has 1 fully saturated rings. The van der Waals surface area contributed by atoms with Crippen molar-refractivity contribution in [2.45, 2.75) is 46.6 Å². The van der Waals surface area contributed by atoms with E-state index in [2.05, 4.69) is 17.2 Å². The standard InChI is InChI=1S/C31H38FN3O4/c1-5-31(18-29(36)35(21-31)25-12-13-28(37-4)34-20-25)14-15-33-19-22-16-26(38-6-2)30(27(17-22)39-7-3)23-8-10-24(32)11-9-23/h8-13,16-17,20,33H,5-7,14-15,18-19,21H2,1-4H3. The van der Waals surface area contributed by atoms with Crippen LogP contribution in [0.2, 0.25) is 0 Å². The van der Waals surface area contributed by atoms with Crippen molar-refractivity contribution in [3.05, 3.63) is 66.1 Å². The summed E-state index contributed by atoms with van der Waals surface area (Å²) in [7, 11) is 1.58. The smallest absolute Gasteiger partial charge is 0.227 e. The first kappa shape index (κ1) is 28.4. The SMILES string of the molecule is CCOc1cc(CNCCC2(CC)CC(=O)N(c3ccc(OC)nc3)C2)cc(OCC)c1-c1ccc(F)cc1. The van der Waals surface area contributed by atoms with Gasteiger partial charge in [0.15, 0.2) is 0 Å². The molecule has 1 unspecified atom stereocenters. The van der Waals surface area contributed by atoms with Crippen molar-refractivity contribution in [3.8, 4) is 28.5 Å². The molecular weight excluding hydrogens is 497 g/mol. The number of carbonyl (C=O) groups excluding carboxylic acids is 1. The summed E-state index contributed by atoms with van der Waals surface area (Å²) < 4.78 is 30.7. The molecule has 1 aliphatic rings. The molecule has 2 heterocycles. The molecule has 0 bridgehead atoms. The summed E-state index contributed by atoms with van der Waals surface area (Å²) in [6.07, 6.45) is 4.00. The molecule has 0 radical (unpaired) electrons. The van der Waals surface area contributed by atoms with Gasteiger partial charge in [0.2, 0.25) is 11.8 Å². The van der Waals surface area contributed by atoms with E-state index in [9.17, 15) is 9.18 Å². The van der Waals surface area contributed by atoms with Crippen molar-refractivity contribution in [3.63, 3.8) is 0 Å². The van der Waals surface area contributed by atoms with Gasteiger partial charge < -0.3 is 24.4 Å². The highest BCUT2D eigenvalue weighted by Gasteiger charge is 2.42. The molecule has 8 heteroatoms. The molecule has 1 aliphatic heterocycles. The summed E-state index contributed by atoms with van der Waals surface area (Å²) in [6, 6.07) is 14.1. The van der Waals surface area contributed by atoms with Gasteiger partial charge in [-0.3, -0.25) is 4.79 Å². The highest BCUT2D eigenvalue weighted by atomic mass is 19.1. The van der Waals surface area contributed by atoms with Crippen LogP contribution in [0.3, 0.4) is 0 Å². The molecule has 1 saturated heterocycles. The lowest BCUT2D eigenvalue weighted by atomic mass is 9.81. The zero-order chi connectivity index (χ0) is 27.8. The predicted octanol–water partition coefficient (Wildman–Crippen LogP) is 6.01. The van der Waals surface area contributed by atoms with Crippen molar-refractivity contribution < 1.29 is 23.4 Å². The molecule has 39 heavy (non-hydrogen) atoms. The second-order valence-electron chi connectivity index (χ2n) is 9.84. The van der Waals surface area contributed by atoms with E-state index in [1.807, 2.05) is 36.9 Å². The summed E-state index contributed by atoms with van der Waals surface area (Å²) in [5.41, 5.74) is 3.41. The third kappa shape index (κ3) is 6.68. The van der Waals surface area contributed by atoms with Crippen LogP contribution in [0.5, 0.6) is 17.4 Å². The van der Waals surface area contributed by atoms with Crippen LogP contribution in [0.25, 0.3) is 11.1 Å². The molecule has 2 aromatic carbocycles. The van der Waals surface area contributed by atoms with Crippen LogP contribution < -0.4 is 24.4 Å². The Morgan fingerprint density at radius 1 is 1.03 bits per heavy atom. The van der Waals surface area contributed by atoms with Gasteiger partial charge in [-0.05, 0) is 80.1 Å². The average molecular weight is 536 g/mol. The number of ether oxygens (including phenoxy) is 3. The molecule has 0 spiro atoms. The van der Waals surface area contributed by atoms with Crippen LogP contribution in [0, 0.1) is 11.2 Å². The van der Waals surface area contributed by atoms with Crippen molar-refractivity contribution in [2.75, 3.05) is 38.3 Å². The first-order valence-electron chi connectivity index (χ1n) is 13.6. The number of nitrogens with one attached hydrogen (secondary N) is 1. The number of amides is 1. The van der Waals surface area contributed by atoms with E-state index < -0.39 is 0 Å². The summed E-state index contributed by atoms with van der Waals surface area (Å²) in [5.74, 6) is 1.79. The van der Waals surface area contributed by atoms with Gasteiger partial charge in [0.05, 0.1) is 37.8 Å². The number of carbonyl (C=O) groups is 1. The second kappa shape index (κ2) is 12.9. The van der Waals surface area contributed by atoms with Gasteiger partial charge in [0, 0.05) is 25.6 Å². The van der Waals surface area contributed by atoms with E-state index >= 15 is 0 Å². The minimum Gasteiger partial charge on any atom is -0.493 e. The normalized spacial score (nSPS) is 16.9. The topological polar surface area (TPSA) is 72.9 Å². The number of hydrogen-bond donors (Lipinski definition) is 1. The van der Waals surface area contributed by atoms with Crippen molar-refractivity contribution in [1.29, 1.82) is 0 Å². The largest absolute Gasteiger partial charge is 0.493 e. The fraction of sp³-hybridized carbons (Fsp3) is 0.419. The Morgan fingerprint density at radius 2 is 1.72 bits per heavy atom. The number of aromatic nitrogens is 1. The molecule has 7 nitrogen and oxygen atoms in total. The van der Waals surface area contributed by atoms with E-state index in [1.165, 1.54) is 12.1 Å². The Bertz CT molecular complexity index is 1220. The Hall–Kier alpha value is -3.65. The maximum atomic E-state index is 13.6. The molecule has 1 aromatic heterocycles. The molecule has 1 amide bonds. The minimum atomic E-state index is -0.284. The molecule has 0 aliphatic carbocycles. The highest BCUT2D eigenvalue weighted by molar-refractivity contribution is 5.96. The van der Waals surface area contributed by atoms with Crippen molar-refractivity contribution in [2.24, 2.45) is 5.41 Å². The first-order chi connectivity index (χ1) is 18.9. The van der Waals surface area contributed by atoms with Gasteiger partial charge in [-0.25, -0.2) is 9.37 Å². The molecule has 3 aromatic rings. The number of hydrogen-bond acceptors (Lipinski definition) is 6. The Labute approximate surface area is 230 Å². The molecule has 4 rings (SSSR count). The number of methoxy groups -OCH3 is 1. The fourth-order valence-electron chi connectivity index (χ4n) is 5.14. The lowest BCUT2D eigenvalue weighted by Crippen LogP contribution is -2.31. The third-order valence-corrected chi connectivity index (χ3v) is 7.33. The average Bonchev–Trinajstić information content (AvgIpc) is 3.29. The van der Waals surface area contributed by atoms with Crippen molar-refractivity contribution >= 4 is 11.6 Å². The lowest BCUT2D eigenvalue weighted by molar-refractivity contribution is -0.117. The number of halogens is 1. The van der Waals surface area contributed by atoms with Crippen LogP contribution in [0.15, 0.2) is 54.7 Å². The highest BCUT2D eigenvalue weighted by Crippen LogP contribution is 2.41. The van der Waals surface area contributed by atoms with E-state index in [0.717, 1.165) is 41.8 Å². The molecule has 1 atom stereocenters. The van der Waals surface area contributed by atoms with Crippen molar-refractivity contribution in [1.82, 2.24) is 10.3 Å². The second-order valence-corrected chi connectivity index (χ2v) is 9.84. The van der Waals surface area contributed by atoms with Gasteiger partial charge in [0.1, 0.15) is 17.3 Å². The van der Waals surface area contributed by atoms with Gasteiger partial charge in [0.25, 0.3) is 0 Å². The first-order valence-corrected chi connectivity index (χ1v) is 13.6. The maximum absolute atomic E-state index is 13.6. The number of nitrogens with zero attached hydrogens (tertiary/aromatic N) is 2. The third-order valence-electron chi connectivity index (χ3n) is 7.33. The summed E-state index contributed by atoms with van der Waals surface area (Å²) in [5, 5.41) is 3.56. The van der Waals surface area contributed by atoms with Crippen LogP contribution >= 0.6 is 0 Å². The summed E-state index contributed by atoms with van der Waals surface area (Å²) in [6.45, 7) is 9.12. The molecular formula is C31H38FN3O4. The summed E-state index contributed by atoms with van der Waals surface area (Å²) >= 11 is 0. The number of rotatable bonds is 13. The van der Waals surface area contributed by atoms with E-state index in [1.54, 1.807) is 31.5 Å². The van der Waals surface area contributed by atoms with Crippen LogP contribution in [0.4, 0.5) is 10.1 Å². The number of anilines is 1. The van der Waals surface area contributed by atoms with Gasteiger partial charge in [-0.1, -0.05) is 19.1 Å². The Kier molecular flexibility index (Phi) is 9.41. The van der Waals surface area contributed by atoms with Crippen LogP contribution in [-0.2, 0) is 11.3 Å². The Morgan fingerprint density at radius 3 is 2.28 bits per heavy atom. The fourth-order valence-corrected chi connectivity index (χ4v) is 5.14. The zero-order valence-corrected chi connectivity index (χ0v) is 23.3. The Balaban J connectivity index is 1.44. The number of pyridine rings is 1. The molecule has 1 N–H and O–H groups in total. The molecule has 0 saturated carbocycles. The van der Waals surface area contributed by atoms with Crippen LogP contribution in [-0.4, -0.2) is 44.3 Å². The predicted molar refractivity (Wildman–Crippen MR) is 151 cm³/mol. The van der Waals surface area contributed by atoms with E-state index in [0.29, 0.717) is 50.1 Å². The number of benzene rings is 2. The lowest BCUT2D eigenvalue weighted by Gasteiger charge is -2.27. The molecule has 208 valence electrons. The van der Waals surface area contributed by atoms with Crippen LogP contribution in [0.1, 0.15) is 45.6 Å². The quantitative estimate of drug-likeness (QED) is 0.271.